The Hall–Kier alpha value is -4.72. The van der Waals surface area contributed by atoms with Crippen molar-refractivity contribution in [1.29, 1.82) is 0 Å². The standard InChI is InChI=1S/C17H27BN4O6S.C14H29BN4O6S.C13H27BN4O6S.2C12H24BN3O7S/c19-14-9-15(14)22(13-6-2-1-3-7-13)29(27,28)21-10-12(5-4-8-18(25)26)17(20,11-21)16(23)24;1-10(7-16)19(12-4-5-12)26(24,25)18-8-11(3-2-6-15(22)23)14(17,9-18)13(20)21;1-17(12(8-15)4-5-12)25(23,24)18-7-10(3-2-6-14(21)22)13(16,9-18)11(19)20;1-11(14)5-9(11)23-24(21,22)16-6-8(3-2-4-13(19)20)12(15,7-16)10(17)18;1-11(5-9(11)14)23-24(21,22)16-6-8(3-2-4-13(19)20)12(15,7-16)10(17)18/h1-3,6-7,12,14-15,25-26H,4-5,8-11,19-20H2,(H,23,24);10-12,22-23H,2-9,16-17H2,1H3,(H,20,21);10,21-22H,2-9,15-16H2,1H3,(H,19,20);2*8-9,19-20H,2-7,14-15H2,1H3,(H,17,18)/t12-,14?,15?,17-;10?,11-,14-;10-,13-;2*8-,9?,11?,12-/m00000/s1. The summed E-state index contributed by atoms with van der Waals surface area (Å²) in [6.45, 7) is 3.31. The van der Waals surface area contributed by atoms with E-state index in [2.05, 4.69) is 0 Å². The number of nitrogens with zero attached hydrogens (tertiary/aromatic N) is 8. The van der Waals surface area contributed by atoms with E-state index in [0.29, 0.717) is 76.3 Å². The predicted molar refractivity (Wildman–Crippen MR) is 465 cm³/mol. The SMILES string of the molecule is CC(CN)N(C1CC1)S(=O)(=O)N1C[C@H](CCCB(O)O)[C@](N)(C(=O)O)C1.CC1(N)CC1OS(=O)(=O)N1C[C@H](CCCB(O)O)[C@](N)(C(=O)O)C1.CC1(OS(=O)(=O)N2C[C@H](CCCB(O)O)[C@](N)(C(=O)O)C2)CC1N.CN(C1(CN)CC1)S(=O)(=O)N1C[C@H](CCCB(O)O)[C@](N)(C(=O)O)C1.NC1CC1N(c1ccccc1)S(=O)(=O)N1C[C@H](CCCB(O)O)[C@](N)(C(=O)O)C1. The van der Waals surface area contributed by atoms with Crippen LogP contribution in [-0.4, -0.2) is 380 Å². The molecule has 7 unspecified atom stereocenters. The summed E-state index contributed by atoms with van der Waals surface area (Å²) in [5.41, 5.74) is 48.4. The maximum Gasteiger partial charge on any atom is 0.451 e. The van der Waals surface area contributed by atoms with Crippen LogP contribution < -0.4 is 61.6 Å². The van der Waals surface area contributed by atoms with E-state index in [1.54, 1.807) is 51.1 Å². The van der Waals surface area contributed by atoms with Gasteiger partial charge in [-0.3, -0.25) is 32.5 Å². The lowest BCUT2D eigenvalue weighted by atomic mass is 9.78. The van der Waals surface area contributed by atoms with Gasteiger partial charge in [-0.25, -0.2) is 4.18 Å². The molecule has 0 spiro atoms. The van der Waals surface area contributed by atoms with Crippen LogP contribution in [0.2, 0.25) is 31.6 Å². The van der Waals surface area contributed by atoms with Gasteiger partial charge in [-0.2, -0.15) is 72.2 Å². The van der Waals surface area contributed by atoms with Crippen molar-refractivity contribution in [2.24, 2.45) is 86.9 Å². The number of hydrogen-bond donors (Lipinski definition) is 25. The molecule has 128 heavy (non-hydrogen) atoms. The monoisotopic (exact) mass is 1930 g/mol. The van der Waals surface area contributed by atoms with Gasteiger partial charge in [-0.15, -0.1) is 0 Å². The largest absolute Gasteiger partial charge is 0.480 e. The van der Waals surface area contributed by atoms with E-state index < -0.39 is 210 Å². The first-order valence-electron chi connectivity index (χ1n) is 42.3. The average Bonchev–Trinajstić information content (AvgIpc) is 1.57. The molecule has 1 aromatic rings. The van der Waals surface area contributed by atoms with Gasteiger partial charge in [0.1, 0.15) is 33.3 Å². The number of hydrogen-bond acceptors (Lipinski definition) is 37. The van der Waals surface area contributed by atoms with Crippen LogP contribution >= 0.6 is 0 Å². The Morgan fingerprint density at radius 3 is 1.05 bits per heavy atom. The minimum absolute atomic E-state index is 0.00678. The molecule has 0 amide bonds. The van der Waals surface area contributed by atoms with E-state index in [0.717, 1.165) is 34.4 Å². The van der Waals surface area contributed by atoms with Gasteiger partial charge in [0.05, 0.1) is 17.8 Å². The molecule has 35 N–H and O–H groups in total. The van der Waals surface area contributed by atoms with Gasteiger partial charge in [0.25, 0.3) is 20.4 Å². The number of likely N-dealkylation sites (N-methyl/N-ethyl adjacent to an activating group) is 1. The van der Waals surface area contributed by atoms with Crippen molar-refractivity contribution in [3.8, 4) is 0 Å². The lowest BCUT2D eigenvalue weighted by Crippen LogP contribution is -2.56. The van der Waals surface area contributed by atoms with Crippen LogP contribution in [0, 0.1) is 29.6 Å². The third-order valence-electron chi connectivity index (χ3n) is 26.1. The van der Waals surface area contributed by atoms with Gasteiger partial charge < -0.3 is 133 Å². The zero-order valence-corrected chi connectivity index (χ0v) is 76.3. The highest BCUT2D eigenvalue weighted by molar-refractivity contribution is 7.90. The number of para-hydroxylation sites is 1. The number of carbonyl (C=O) groups is 5. The van der Waals surface area contributed by atoms with Crippen molar-refractivity contribution in [1.82, 2.24) is 30.1 Å². The quantitative estimate of drug-likeness (QED) is 0.0270. The summed E-state index contributed by atoms with van der Waals surface area (Å²) in [6, 6.07) is 7.05. The topological polar surface area (TPSA) is 864 Å². The van der Waals surface area contributed by atoms with Gasteiger partial charge in [0.15, 0.2) is 0 Å². The Bertz CT molecular complexity index is 4570. The van der Waals surface area contributed by atoms with Crippen molar-refractivity contribution in [3.05, 3.63) is 30.3 Å². The number of nitrogens with two attached hydrogens (primary N) is 10. The molecule has 60 heteroatoms. The smallest absolute Gasteiger partial charge is 0.451 e. The second-order valence-corrected chi connectivity index (χ2v) is 45.0. The molecule has 5 saturated carbocycles. The second kappa shape index (κ2) is 43.1. The molecular weight excluding hydrogens is 1800 g/mol. The zero-order chi connectivity index (χ0) is 96.8. The molecule has 0 aromatic heterocycles. The van der Waals surface area contributed by atoms with E-state index in [1.165, 1.54) is 20.0 Å². The highest BCUT2D eigenvalue weighted by Crippen LogP contribution is 2.47. The summed E-state index contributed by atoms with van der Waals surface area (Å²) >= 11 is 0. The van der Waals surface area contributed by atoms with Crippen LogP contribution in [0.25, 0.3) is 0 Å². The molecule has 0 bridgehead atoms. The van der Waals surface area contributed by atoms with Crippen LogP contribution in [0.4, 0.5) is 5.69 Å². The summed E-state index contributed by atoms with van der Waals surface area (Å²) in [6.07, 6.45) is 6.92. The van der Waals surface area contributed by atoms with Crippen molar-refractivity contribution in [2.75, 3.05) is 89.9 Å². The van der Waals surface area contributed by atoms with Gasteiger partial charge >= 0.3 is 96.3 Å². The van der Waals surface area contributed by atoms with Crippen molar-refractivity contribution in [2.45, 2.75) is 242 Å². The van der Waals surface area contributed by atoms with E-state index in [4.69, 9.17) is 116 Å². The third kappa shape index (κ3) is 26.7. The second-order valence-electron chi connectivity index (χ2n) is 36.3. The van der Waals surface area contributed by atoms with Crippen LogP contribution in [0.15, 0.2) is 30.3 Å². The molecule has 5 aliphatic carbocycles. The van der Waals surface area contributed by atoms with Crippen LogP contribution in [0.1, 0.15) is 130 Å². The molecule has 730 valence electrons. The molecule has 10 aliphatic rings. The first-order valence-corrected chi connectivity index (χ1v) is 49.2. The first kappa shape index (κ1) is 110. The molecule has 17 atom stereocenters. The molecule has 10 fully saturated rings. The van der Waals surface area contributed by atoms with Crippen molar-refractivity contribution in [3.63, 3.8) is 0 Å². The number of benzene rings is 1. The summed E-state index contributed by atoms with van der Waals surface area (Å²) < 4.78 is 148. The average molecular weight is 1930 g/mol. The van der Waals surface area contributed by atoms with Crippen LogP contribution in [-0.2, 0) is 83.6 Å². The van der Waals surface area contributed by atoms with E-state index >= 15 is 0 Å². The Labute approximate surface area is 748 Å². The molecule has 5 aliphatic heterocycles. The highest BCUT2D eigenvalue weighted by atomic mass is 32.2. The van der Waals surface area contributed by atoms with Crippen LogP contribution in [0.3, 0.4) is 0 Å². The fourth-order valence-corrected chi connectivity index (χ4v) is 25.6. The molecular formula is C68H131B5N18O32S5. The molecule has 5 saturated heterocycles. The van der Waals surface area contributed by atoms with Crippen molar-refractivity contribution >= 4 is 122 Å². The maximum absolute atomic E-state index is 13.5. The Morgan fingerprint density at radius 2 is 0.781 bits per heavy atom. The number of rotatable bonds is 44. The number of carboxylic acids is 5. The fourth-order valence-electron chi connectivity index (χ4n) is 16.7. The lowest BCUT2D eigenvalue weighted by Gasteiger charge is -2.31. The molecule has 5 heterocycles. The number of carboxylic acid groups (broad SMARTS) is 5. The third-order valence-corrected chi connectivity index (χ3v) is 35.1. The van der Waals surface area contributed by atoms with E-state index in [9.17, 15) is 91.6 Å². The summed E-state index contributed by atoms with van der Waals surface area (Å²) in [5, 5.41) is 137. The van der Waals surface area contributed by atoms with Gasteiger partial charge in [-0.05, 0) is 142 Å². The Balaban J connectivity index is 0.000000220. The molecule has 11 rings (SSSR count). The van der Waals surface area contributed by atoms with E-state index in [1.807, 2.05) is 0 Å². The van der Waals surface area contributed by atoms with Gasteiger partial charge in [0.2, 0.25) is 0 Å². The first-order chi connectivity index (χ1) is 58.9. The maximum atomic E-state index is 13.5. The molecule has 0 radical (unpaired) electrons. The van der Waals surface area contributed by atoms with Crippen molar-refractivity contribution < 1.29 is 150 Å². The Kier molecular flexibility index (Phi) is 37.1. The summed E-state index contributed by atoms with van der Waals surface area (Å²) in [7, 11) is -26.1. The summed E-state index contributed by atoms with van der Waals surface area (Å²) in [5.74, 6) is -9.59. The minimum Gasteiger partial charge on any atom is -0.480 e. The molecule has 1 aromatic carbocycles. The Morgan fingerprint density at radius 1 is 0.484 bits per heavy atom. The zero-order valence-electron chi connectivity index (χ0n) is 72.2. The number of aliphatic carboxylic acids is 5. The summed E-state index contributed by atoms with van der Waals surface area (Å²) in [4.78, 5) is 58.3. The van der Waals surface area contributed by atoms with E-state index in [-0.39, 0.29) is 153 Å². The minimum atomic E-state index is -4.16. The van der Waals surface area contributed by atoms with Gasteiger partial charge in [0, 0.05) is 150 Å². The highest BCUT2D eigenvalue weighted by Gasteiger charge is 2.63. The lowest BCUT2D eigenvalue weighted by molar-refractivity contribution is -0.145. The predicted octanol–water partition coefficient (Wildman–Crippen LogP) is -10.2. The fraction of sp³-hybridized carbons (Fsp3) is 0.838. The normalized spacial score (nSPS) is 31.9. The number of anilines is 1. The van der Waals surface area contributed by atoms with Gasteiger partial charge in [-0.1, -0.05) is 50.3 Å². The molecule has 50 nitrogen and oxygen atoms in total. The van der Waals surface area contributed by atoms with Crippen LogP contribution in [0.5, 0.6) is 0 Å².